The second-order valence-corrected chi connectivity index (χ2v) is 9.43. The summed E-state index contributed by atoms with van der Waals surface area (Å²) in [5.74, 6) is 1.19. The zero-order chi connectivity index (χ0) is 21.8. The van der Waals surface area contributed by atoms with Crippen molar-refractivity contribution in [3.8, 4) is 5.75 Å². The summed E-state index contributed by atoms with van der Waals surface area (Å²) in [6.07, 6.45) is 4.52. The minimum Gasteiger partial charge on any atom is -0.489 e. The maximum absolute atomic E-state index is 12.4. The van der Waals surface area contributed by atoms with Crippen molar-refractivity contribution in [3.05, 3.63) is 58.1 Å². The van der Waals surface area contributed by atoms with E-state index in [1.807, 2.05) is 31.3 Å². The third kappa shape index (κ3) is 5.85. The molecule has 7 heteroatoms. The number of rotatable bonds is 7. The van der Waals surface area contributed by atoms with Gasteiger partial charge < -0.3 is 15.0 Å². The first-order valence-corrected chi connectivity index (χ1v) is 11.7. The van der Waals surface area contributed by atoms with E-state index in [9.17, 15) is 4.79 Å². The molecule has 0 radical (unpaired) electrons. The Morgan fingerprint density at radius 2 is 1.90 bits per heavy atom. The molecular formula is C24H29Cl2N3O2. The first kappa shape index (κ1) is 22.3. The maximum atomic E-state index is 12.4. The number of anilines is 1. The van der Waals surface area contributed by atoms with E-state index in [0.29, 0.717) is 23.2 Å². The number of urea groups is 1. The van der Waals surface area contributed by atoms with Crippen LogP contribution in [0.2, 0.25) is 10.0 Å². The molecule has 0 spiro atoms. The maximum Gasteiger partial charge on any atom is 0.321 e. The van der Waals surface area contributed by atoms with Crippen molar-refractivity contribution in [2.24, 2.45) is 5.92 Å². The lowest BCUT2D eigenvalue weighted by Gasteiger charge is -2.37. The third-order valence-corrected chi connectivity index (χ3v) is 6.74. The molecule has 5 nitrogen and oxygen atoms in total. The van der Waals surface area contributed by atoms with Crippen LogP contribution in [0.1, 0.15) is 31.2 Å². The molecule has 2 aromatic carbocycles. The number of hydrogen-bond donors (Lipinski definition) is 1. The molecule has 2 fully saturated rings. The van der Waals surface area contributed by atoms with Crippen LogP contribution in [0.25, 0.3) is 0 Å². The number of likely N-dealkylation sites (tertiary alicyclic amines) is 1. The first-order valence-electron chi connectivity index (χ1n) is 10.9. The van der Waals surface area contributed by atoms with Crippen LogP contribution in [0.4, 0.5) is 10.5 Å². The number of nitrogens with one attached hydrogen (secondary N) is 1. The highest BCUT2D eigenvalue weighted by atomic mass is 35.5. The van der Waals surface area contributed by atoms with Gasteiger partial charge in [0, 0.05) is 30.8 Å². The normalized spacial score (nSPS) is 20.9. The monoisotopic (exact) mass is 461 g/mol. The number of ether oxygens (including phenoxy) is 1. The lowest BCUT2D eigenvalue weighted by molar-refractivity contribution is 0.0532. The number of benzene rings is 2. The molecule has 2 amide bonds. The third-order valence-electron chi connectivity index (χ3n) is 6.08. The summed E-state index contributed by atoms with van der Waals surface area (Å²) >= 11 is 12.6. The Balaban J connectivity index is 1.23. The van der Waals surface area contributed by atoms with Crippen LogP contribution in [-0.4, -0.2) is 48.6 Å². The predicted molar refractivity (Wildman–Crippen MR) is 126 cm³/mol. The summed E-state index contributed by atoms with van der Waals surface area (Å²) in [5.41, 5.74) is 1.83. The summed E-state index contributed by atoms with van der Waals surface area (Å²) in [7, 11) is 1.81. The lowest BCUT2D eigenvalue weighted by atomic mass is 9.82. The molecule has 0 atom stereocenters. The molecule has 1 heterocycles. The minimum absolute atomic E-state index is 0.135. The standard InChI is InChI=1S/C24H29Cl2N3O2/c1-28(24(30)27-20-8-5-7-19(25)14-20)15-17-12-21(13-17)31-22-9-4-6-18(23(22)26)16-29-10-2-3-11-29/h4-9,14,17,21H,2-3,10-13,15-16H2,1H3,(H,27,30). The number of hydrogen-bond acceptors (Lipinski definition) is 3. The molecule has 4 rings (SSSR count). The Labute approximate surface area is 194 Å². The van der Waals surface area contributed by atoms with Crippen molar-refractivity contribution in [1.29, 1.82) is 0 Å². The van der Waals surface area contributed by atoms with E-state index in [1.165, 1.54) is 12.8 Å². The average molecular weight is 462 g/mol. The van der Waals surface area contributed by atoms with E-state index in [0.717, 1.165) is 48.8 Å². The number of carbonyl (C=O) groups excluding carboxylic acids is 1. The molecule has 1 aliphatic carbocycles. The quantitative estimate of drug-likeness (QED) is 0.557. The predicted octanol–water partition coefficient (Wildman–Crippen LogP) is 5.91. The molecule has 2 aromatic rings. The van der Waals surface area contributed by atoms with E-state index >= 15 is 0 Å². The van der Waals surface area contributed by atoms with Gasteiger partial charge in [0.25, 0.3) is 0 Å². The van der Waals surface area contributed by atoms with Gasteiger partial charge in [-0.3, -0.25) is 4.90 Å². The first-order chi connectivity index (χ1) is 15.0. The minimum atomic E-state index is -0.135. The van der Waals surface area contributed by atoms with Gasteiger partial charge in [-0.25, -0.2) is 4.79 Å². The molecular weight excluding hydrogens is 433 g/mol. The Morgan fingerprint density at radius 1 is 1.16 bits per heavy atom. The molecule has 1 saturated heterocycles. The van der Waals surface area contributed by atoms with Gasteiger partial charge >= 0.3 is 6.03 Å². The smallest absolute Gasteiger partial charge is 0.321 e. The molecule has 0 bridgehead atoms. The van der Waals surface area contributed by atoms with E-state index in [4.69, 9.17) is 27.9 Å². The number of carbonyl (C=O) groups is 1. The van der Waals surface area contributed by atoms with Gasteiger partial charge in [0.15, 0.2) is 0 Å². The number of halogens is 2. The molecule has 1 saturated carbocycles. The van der Waals surface area contributed by atoms with Crippen LogP contribution in [0.3, 0.4) is 0 Å². The molecule has 0 aromatic heterocycles. The van der Waals surface area contributed by atoms with Crippen molar-refractivity contribution in [3.63, 3.8) is 0 Å². The van der Waals surface area contributed by atoms with Crippen molar-refractivity contribution >= 4 is 34.9 Å². The van der Waals surface area contributed by atoms with Crippen LogP contribution in [-0.2, 0) is 6.54 Å². The molecule has 2 aliphatic rings. The second kappa shape index (κ2) is 10.1. The molecule has 1 N–H and O–H groups in total. The topological polar surface area (TPSA) is 44.8 Å². The van der Waals surface area contributed by atoms with Gasteiger partial charge in [0.2, 0.25) is 0 Å². The fourth-order valence-electron chi connectivity index (χ4n) is 4.31. The Bertz CT molecular complexity index is 911. The van der Waals surface area contributed by atoms with Crippen LogP contribution in [0, 0.1) is 5.92 Å². The zero-order valence-corrected chi connectivity index (χ0v) is 19.3. The molecule has 0 unspecified atom stereocenters. The summed E-state index contributed by atoms with van der Waals surface area (Å²) in [6, 6.07) is 13.1. The summed E-state index contributed by atoms with van der Waals surface area (Å²) in [6.45, 7) is 3.86. The fourth-order valence-corrected chi connectivity index (χ4v) is 4.73. The van der Waals surface area contributed by atoms with Crippen LogP contribution in [0.15, 0.2) is 42.5 Å². The van der Waals surface area contributed by atoms with Crippen LogP contribution >= 0.6 is 23.2 Å². The van der Waals surface area contributed by atoms with E-state index in [-0.39, 0.29) is 12.1 Å². The SMILES string of the molecule is CN(CC1CC(Oc2cccc(CN3CCCC3)c2Cl)C1)C(=O)Nc1cccc(Cl)c1. The van der Waals surface area contributed by atoms with Gasteiger partial charge in [-0.15, -0.1) is 0 Å². The van der Waals surface area contributed by atoms with Crippen LogP contribution < -0.4 is 10.1 Å². The van der Waals surface area contributed by atoms with Gasteiger partial charge in [0.1, 0.15) is 5.75 Å². The van der Waals surface area contributed by atoms with E-state index in [1.54, 1.807) is 17.0 Å². The summed E-state index contributed by atoms with van der Waals surface area (Å²) in [5, 5.41) is 4.21. The summed E-state index contributed by atoms with van der Waals surface area (Å²) in [4.78, 5) is 16.6. The zero-order valence-electron chi connectivity index (χ0n) is 17.8. The van der Waals surface area contributed by atoms with E-state index < -0.39 is 0 Å². The highest BCUT2D eigenvalue weighted by molar-refractivity contribution is 6.32. The second-order valence-electron chi connectivity index (χ2n) is 8.61. The Morgan fingerprint density at radius 3 is 2.65 bits per heavy atom. The highest BCUT2D eigenvalue weighted by Gasteiger charge is 2.33. The Hall–Kier alpha value is -1.95. The van der Waals surface area contributed by atoms with Crippen molar-refractivity contribution < 1.29 is 9.53 Å². The average Bonchev–Trinajstić information content (AvgIpc) is 3.22. The van der Waals surface area contributed by atoms with Gasteiger partial charge in [-0.1, -0.05) is 41.4 Å². The largest absolute Gasteiger partial charge is 0.489 e. The van der Waals surface area contributed by atoms with Gasteiger partial charge in [-0.05, 0) is 74.5 Å². The molecule has 31 heavy (non-hydrogen) atoms. The van der Waals surface area contributed by atoms with Crippen molar-refractivity contribution in [2.45, 2.75) is 38.3 Å². The lowest BCUT2D eigenvalue weighted by Crippen LogP contribution is -2.43. The van der Waals surface area contributed by atoms with Gasteiger partial charge in [-0.2, -0.15) is 0 Å². The van der Waals surface area contributed by atoms with Crippen molar-refractivity contribution in [2.75, 3.05) is 32.0 Å². The number of nitrogens with zero attached hydrogens (tertiary/aromatic N) is 2. The highest BCUT2D eigenvalue weighted by Crippen LogP contribution is 2.36. The van der Waals surface area contributed by atoms with E-state index in [2.05, 4.69) is 16.3 Å². The fraction of sp³-hybridized carbons (Fsp3) is 0.458. The Kier molecular flexibility index (Phi) is 7.26. The van der Waals surface area contributed by atoms with Gasteiger partial charge in [0.05, 0.1) is 11.1 Å². The number of amides is 2. The molecule has 1 aliphatic heterocycles. The van der Waals surface area contributed by atoms with Crippen molar-refractivity contribution in [1.82, 2.24) is 9.80 Å². The van der Waals surface area contributed by atoms with Crippen LogP contribution in [0.5, 0.6) is 5.75 Å². The molecule has 166 valence electrons. The summed E-state index contributed by atoms with van der Waals surface area (Å²) < 4.78 is 6.18.